The molecule has 2 unspecified atom stereocenters. The van der Waals surface area contributed by atoms with E-state index in [2.05, 4.69) is 20.8 Å². The van der Waals surface area contributed by atoms with Crippen LogP contribution in [0.1, 0.15) is 117 Å². The van der Waals surface area contributed by atoms with Crippen LogP contribution in [0, 0.1) is 0 Å². The van der Waals surface area contributed by atoms with E-state index in [0.717, 1.165) is 13.0 Å². The standard InChI is InChI=1S/C21H46NO.BrH/c1-5-7-8-9-10-11-12-13-14-15-16-17-18-19-20-21(3)22(4,23)6-2;/h21,23H,5-20H2,1-4H3;1H/q+1;/p-1. The van der Waals surface area contributed by atoms with E-state index in [-0.39, 0.29) is 21.6 Å². The number of unbranched alkanes of at least 4 members (excludes halogenated alkanes) is 13. The van der Waals surface area contributed by atoms with E-state index < -0.39 is 0 Å². The molecule has 148 valence electrons. The summed E-state index contributed by atoms with van der Waals surface area (Å²) in [7, 11) is 1.93. The van der Waals surface area contributed by atoms with Crippen LogP contribution in [0.5, 0.6) is 0 Å². The Bertz CT molecular complexity index is 246. The third-order valence-corrected chi connectivity index (χ3v) is 5.57. The monoisotopic (exact) mass is 407 g/mol. The van der Waals surface area contributed by atoms with Crippen molar-refractivity contribution in [1.29, 1.82) is 0 Å². The van der Waals surface area contributed by atoms with Crippen molar-refractivity contribution in [2.24, 2.45) is 0 Å². The summed E-state index contributed by atoms with van der Waals surface area (Å²) in [6, 6.07) is 0.373. The maximum Gasteiger partial charge on any atom is 0.116 e. The molecule has 0 aromatic rings. The minimum Gasteiger partial charge on any atom is -1.00 e. The molecule has 0 amide bonds. The Balaban J connectivity index is 0. The van der Waals surface area contributed by atoms with E-state index >= 15 is 0 Å². The maximum absolute atomic E-state index is 10.1. The fourth-order valence-corrected chi connectivity index (χ4v) is 3.22. The molecule has 1 N–H and O–H groups in total. The highest BCUT2D eigenvalue weighted by atomic mass is 79.9. The number of rotatable bonds is 17. The first-order valence-electron chi connectivity index (χ1n) is 10.6. The van der Waals surface area contributed by atoms with Gasteiger partial charge in [-0.25, -0.2) is 5.21 Å². The molecule has 0 bridgehead atoms. The SMILES string of the molecule is CCCCCCCCCCCCCCCCC(C)[N+](C)(O)CC.[Br-]. The first-order valence-corrected chi connectivity index (χ1v) is 10.6. The predicted molar refractivity (Wildman–Crippen MR) is 103 cm³/mol. The molecule has 0 rings (SSSR count). The van der Waals surface area contributed by atoms with Gasteiger partial charge in [-0.05, 0) is 20.3 Å². The van der Waals surface area contributed by atoms with Gasteiger partial charge in [0.25, 0.3) is 0 Å². The number of nitrogens with zero attached hydrogens (tertiary/aromatic N) is 1. The van der Waals surface area contributed by atoms with Crippen LogP contribution in [-0.4, -0.2) is 29.5 Å². The van der Waals surface area contributed by atoms with Crippen molar-refractivity contribution in [3.63, 3.8) is 0 Å². The molecule has 0 aromatic carbocycles. The summed E-state index contributed by atoms with van der Waals surface area (Å²) >= 11 is 0. The molecule has 0 aliphatic carbocycles. The Morgan fingerprint density at radius 3 is 1.33 bits per heavy atom. The number of halogens is 1. The molecule has 0 radical (unpaired) electrons. The van der Waals surface area contributed by atoms with E-state index in [1.165, 1.54) is 89.9 Å². The van der Waals surface area contributed by atoms with E-state index in [1.807, 2.05) is 7.05 Å². The van der Waals surface area contributed by atoms with Gasteiger partial charge in [0.05, 0.1) is 7.05 Å². The topological polar surface area (TPSA) is 20.2 Å². The van der Waals surface area contributed by atoms with Crippen molar-refractivity contribution < 1.29 is 26.8 Å². The van der Waals surface area contributed by atoms with Gasteiger partial charge in [0.15, 0.2) is 0 Å². The molecule has 24 heavy (non-hydrogen) atoms. The number of hydrogen-bond acceptors (Lipinski definition) is 1. The summed E-state index contributed by atoms with van der Waals surface area (Å²) in [5.74, 6) is 0. The number of hydroxylamine groups is 3. The highest BCUT2D eigenvalue weighted by Crippen LogP contribution is 2.16. The Kier molecular flexibility index (Phi) is 20.2. The van der Waals surface area contributed by atoms with Gasteiger partial charge >= 0.3 is 0 Å². The van der Waals surface area contributed by atoms with E-state index in [4.69, 9.17) is 0 Å². The Morgan fingerprint density at radius 1 is 0.667 bits per heavy atom. The average Bonchev–Trinajstić information content (AvgIpc) is 2.54. The van der Waals surface area contributed by atoms with Crippen molar-refractivity contribution in [3.8, 4) is 0 Å². The molecule has 0 aliphatic heterocycles. The van der Waals surface area contributed by atoms with Crippen molar-refractivity contribution in [3.05, 3.63) is 0 Å². The normalized spacial score (nSPS) is 14.9. The van der Waals surface area contributed by atoms with E-state index in [9.17, 15) is 5.21 Å². The zero-order valence-electron chi connectivity index (χ0n) is 17.2. The van der Waals surface area contributed by atoms with Gasteiger partial charge in [0.1, 0.15) is 12.6 Å². The molecule has 2 atom stereocenters. The largest absolute Gasteiger partial charge is 1.00 e. The van der Waals surface area contributed by atoms with E-state index in [1.54, 1.807) is 0 Å². The summed E-state index contributed by atoms with van der Waals surface area (Å²) < 4.78 is 0.179. The smallest absolute Gasteiger partial charge is 0.116 e. The van der Waals surface area contributed by atoms with Crippen LogP contribution in [0.2, 0.25) is 0 Å². The summed E-state index contributed by atoms with van der Waals surface area (Å²) in [5, 5.41) is 10.1. The molecular formula is C21H46BrNO. The summed E-state index contributed by atoms with van der Waals surface area (Å²) in [4.78, 5) is 0. The summed E-state index contributed by atoms with van der Waals surface area (Å²) in [6.45, 7) is 7.32. The zero-order chi connectivity index (χ0) is 17.4. The molecule has 0 heterocycles. The average molecular weight is 409 g/mol. The van der Waals surface area contributed by atoms with Gasteiger partial charge in [-0.1, -0.05) is 90.4 Å². The zero-order valence-corrected chi connectivity index (χ0v) is 18.7. The van der Waals surface area contributed by atoms with Crippen molar-refractivity contribution >= 4 is 0 Å². The lowest BCUT2D eigenvalue weighted by Crippen LogP contribution is -3.00. The quantitative estimate of drug-likeness (QED) is 0.218. The van der Waals surface area contributed by atoms with Crippen molar-refractivity contribution in [2.45, 2.75) is 123 Å². The van der Waals surface area contributed by atoms with Crippen LogP contribution in [0.25, 0.3) is 0 Å². The van der Waals surface area contributed by atoms with Gasteiger partial charge in [-0.15, -0.1) is 0 Å². The van der Waals surface area contributed by atoms with Gasteiger partial charge in [-0.2, -0.15) is 4.65 Å². The first kappa shape index (κ1) is 26.6. The molecule has 0 fully saturated rings. The maximum atomic E-state index is 10.1. The fourth-order valence-electron chi connectivity index (χ4n) is 3.22. The third-order valence-electron chi connectivity index (χ3n) is 5.57. The van der Waals surface area contributed by atoms with Crippen LogP contribution >= 0.6 is 0 Å². The predicted octanol–water partition coefficient (Wildman–Crippen LogP) is 4.11. The molecule has 0 aliphatic rings. The molecule has 2 nitrogen and oxygen atoms in total. The van der Waals surface area contributed by atoms with Crippen LogP contribution in [-0.2, 0) is 0 Å². The molecule has 0 aromatic heterocycles. The van der Waals surface area contributed by atoms with Crippen molar-refractivity contribution in [1.82, 2.24) is 0 Å². The molecule has 0 saturated heterocycles. The fraction of sp³-hybridized carbons (Fsp3) is 1.00. The lowest BCUT2D eigenvalue weighted by molar-refractivity contribution is -1.10. The third kappa shape index (κ3) is 15.9. The van der Waals surface area contributed by atoms with Gasteiger partial charge in [0, 0.05) is 6.42 Å². The van der Waals surface area contributed by atoms with Gasteiger partial charge in [-0.3, -0.25) is 0 Å². The Hall–Kier alpha value is 0.400. The highest BCUT2D eigenvalue weighted by molar-refractivity contribution is 4.53. The number of quaternary nitrogens is 1. The Morgan fingerprint density at radius 2 is 1.00 bits per heavy atom. The second-order valence-corrected chi connectivity index (χ2v) is 7.76. The van der Waals surface area contributed by atoms with Crippen LogP contribution < -0.4 is 17.0 Å². The molecule has 3 heteroatoms. The lowest BCUT2D eigenvalue weighted by Gasteiger charge is -2.30. The summed E-state index contributed by atoms with van der Waals surface area (Å²) in [5.41, 5.74) is 0. The Labute approximate surface area is 163 Å². The molecule has 0 saturated carbocycles. The lowest BCUT2D eigenvalue weighted by atomic mass is 10.0. The van der Waals surface area contributed by atoms with Crippen molar-refractivity contribution in [2.75, 3.05) is 13.6 Å². The van der Waals surface area contributed by atoms with Crippen LogP contribution in [0.4, 0.5) is 0 Å². The number of hydrogen-bond donors (Lipinski definition) is 1. The second kappa shape index (κ2) is 18.2. The minimum atomic E-state index is 0. The molecular weight excluding hydrogens is 362 g/mol. The van der Waals surface area contributed by atoms with Gasteiger partial charge in [0.2, 0.25) is 0 Å². The van der Waals surface area contributed by atoms with Gasteiger partial charge < -0.3 is 17.0 Å². The van der Waals surface area contributed by atoms with E-state index in [0.29, 0.717) is 6.04 Å². The van der Waals surface area contributed by atoms with Crippen LogP contribution in [0.3, 0.4) is 0 Å². The van der Waals surface area contributed by atoms with Crippen LogP contribution in [0.15, 0.2) is 0 Å². The minimum absolute atomic E-state index is 0. The first-order chi connectivity index (χ1) is 11.0. The molecule has 0 spiro atoms. The summed E-state index contributed by atoms with van der Waals surface area (Å²) in [6.07, 6.45) is 20.9. The second-order valence-electron chi connectivity index (χ2n) is 7.76. The highest BCUT2D eigenvalue weighted by Gasteiger charge is 2.24.